The van der Waals surface area contributed by atoms with Crippen molar-refractivity contribution in [2.45, 2.75) is 19.3 Å². The van der Waals surface area contributed by atoms with Gasteiger partial charge in [0.25, 0.3) is 5.91 Å². The summed E-state index contributed by atoms with van der Waals surface area (Å²) < 4.78 is 43.5. The molecule has 4 rings (SSSR count). The maximum absolute atomic E-state index is 12.6. The van der Waals surface area contributed by atoms with Crippen LogP contribution in [0.1, 0.15) is 27.6 Å². The van der Waals surface area contributed by atoms with Crippen LogP contribution in [0.2, 0.25) is 0 Å². The van der Waals surface area contributed by atoms with Crippen LogP contribution >= 0.6 is 0 Å². The summed E-state index contributed by atoms with van der Waals surface area (Å²) in [5.74, 6) is -1.90. The average molecular weight is 428 g/mol. The molecular weight excluding hydrogens is 413 g/mol. The zero-order valence-corrected chi connectivity index (χ0v) is 15.9. The van der Waals surface area contributed by atoms with Crippen LogP contribution in [0.5, 0.6) is 0 Å². The first-order chi connectivity index (χ1) is 14.9. The number of hydrogen-bond donors (Lipinski definition) is 1. The molecule has 0 atom stereocenters. The van der Waals surface area contributed by atoms with E-state index in [0.717, 1.165) is 11.1 Å². The lowest BCUT2D eigenvalue weighted by molar-refractivity contribution is -0.159. The topological polar surface area (TPSA) is 98.7 Å². The fourth-order valence-corrected chi connectivity index (χ4v) is 2.73. The Morgan fingerprint density at radius 2 is 1.77 bits per heavy atom. The molecule has 2 aromatic heterocycles. The molecule has 0 saturated heterocycles. The van der Waals surface area contributed by atoms with Crippen molar-refractivity contribution in [3.63, 3.8) is 0 Å². The van der Waals surface area contributed by atoms with Gasteiger partial charge in [-0.15, -0.1) is 5.10 Å². The predicted octanol–water partition coefficient (Wildman–Crippen LogP) is 3.33. The summed E-state index contributed by atoms with van der Waals surface area (Å²) in [6.07, 6.45) is -3.26. The van der Waals surface area contributed by atoms with Gasteiger partial charge in [0.05, 0.1) is 6.54 Å². The Balaban J connectivity index is 1.37. The summed E-state index contributed by atoms with van der Waals surface area (Å²) in [4.78, 5) is 19.6. The van der Waals surface area contributed by atoms with Gasteiger partial charge in [-0.05, 0) is 11.1 Å². The van der Waals surface area contributed by atoms with Crippen LogP contribution in [0.4, 0.5) is 13.2 Å². The van der Waals surface area contributed by atoms with Crippen molar-refractivity contribution in [1.29, 1.82) is 0 Å². The Kier molecular flexibility index (Phi) is 5.48. The van der Waals surface area contributed by atoms with E-state index in [1.807, 2.05) is 30.3 Å². The zero-order valence-electron chi connectivity index (χ0n) is 15.9. The van der Waals surface area contributed by atoms with Crippen molar-refractivity contribution in [2.24, 2.45) is 0 Å². The lowest BCUT2D eigenvalue weighted by Gasteiger charge is -2.03. The maximum Gasteiger partial charge on any atom is 0.471 e. The normalized spacial score (nSPS) is 11.5. The Bertz CT molecular complexity index is 1170. The molecule has 0 fully saturated rings. The zero-order chi connectivity index (χ0) is 21.8. The van der Waals surface area contributed by atoms with E-state index in [1.54, 1.807) is 24.3 Å². The Morgan fingerprint density at radius 3 is 2.45 bits per heavy atom. The van der Waals surface area contributed by atoms with Crippen molar-refractivity contribution < 1.29 is 22.5 Å². The molecule has 0 aliphatic rings. The van der Waals surface area contributed by atoms with Crippen LogP contribution in [0.25, 0.3) is 11.4 Å². The first-order valence-corrected chi connectivity index (χ1v) is 9.10. The second-order valence-electron chi connectivity index (χ2n) is 6.55. The third-order valence-electron chi connectivity index (χ3n) is 4.26. The third-order valence-corrected chi connectivity index (χ3v) is 4.26. The minimum atomic E-state index is -4.69. The largest absolute Gasteiger partial charge is 0.471 e. The number of aromatic nitrogens is 5. The smallest absolute Gasteiger partial charge is 0.345 e. The molecule has 0 aliphatic heterocycles. The van der Waals surface area contributed by atoms with E-state index in [9.17, 15) is 18.0 Å². The number of carbonyl (C=O) groups is 1. The van der Waals surface area contributed by atoms with Crippen molar-refractivity contribution in [3.05, 3.63) is 83.8 Å². The number of benzene rings is 2. The standard InChI is InChI=1S/C20H15F3N6O2/c21-20(22,23)19-26-16(28-31-19)15-8-6-14(7-9-15)11-29-12-25-17(27-29)18(30)24-10-13-4-2-1-3-5-13/h1-9,12H,10-11H2,(H,24,30). The van der Waals surface area contributed by atoms with Crippen molar-refractivity contribution in [2.75, 3.05) is 0 Å². The number of alkyl halides is 3. The van der Waals surface area contributed by atoms with Crippen molar-refractivity contribution in [1.82, 2.24) is 30.2 Å². The third kappa shape index (κ3) is 4.94. The molecule has 2 heterocycles. The van der Waals surface area contributed by atoms with Crippen LogP contribution in [0.15, 0.2) is 65.4 Å². The van der Waals surface area contributed by atoms with E-state index in [-0.39, 0.29) is 11.6 Å². The van der Waals surface area contributed by atoms with Gasteiger partial charge in [0.1, 0.15) is 6.33 Å². The number of hydrogen-bond acceptors (Lipinski definition) is 6. The summed E-state index contributed by atoms with van der Waals surface area (Å²) in [6, 6.07) is 16.0. The van der Waals surface area contributed by atoms with Crippen LogP contribution in [0.3, 0.4) is 0 Å². The Morgan fingerprint density at radius 1 is 1.03 bits per heavy atom. The van der Waals surface area contributed by atoms with Crippen molar-refractivity contribution in [3.8, 4) is 11.4 Å². The maximum atomic E-state index is 12.6. The van der Waals surface area contributed by atoms with E-state index in [4.69, 9.17) is 0 Å². The molecule has 11 heteroatoms. The van der Waals surface area contributed by atoms with E-state index in [1.165, 1.54) is 11.0 Å². The molecule has 0 radical (unpaired) electrons. The molecule has 8 nitrogen and oxygen atoms in total. The highest BCUT2D eigenvalue weighted by atomic mass is 19.4. The Hall–Kier alpha value is -4.02. The quantitative estimate of drug-likeness (QED) is 0.506. The lowest BCUT2D eigenvalue weighted by Crippen LogP contribution is -2.24. The summed E-state index contributed by atoms with van der Waals surface area (Å²) >= 11 is 0. The summed E-state index contributed by atoms with van der Waals surface area (Å²) in [6.45, 7) is 0.682. The molecular formula is C20H15F3N6O2. The SMILES string of the molecule is O=C(NCc1ccccc1)c1ncn(Cc2ccc(-c3noc(C(F)(F)F)n3)cc2)n1. The molecule has 0 saturated carbocycles. The van der Waals surface area contributed by atoms with Gasteiger partial charge in [0, 0.05) is 12.1 Å². The Labute approximate surface area is 173 Å². The monoisotopic (exact) mass is 428 g/mol. The second-order valence-corrected chi connectivity index (χ2v) is 6.55. The van der Waals surface area contributed by atoms with Crippen molar-refractivity contribution >= 4 is 5.91 Å². The van der Waals surface area contributed by atoms with Crippen LogP contribution in [0, 0.1) is 0 Å². The van der Waals surface area contributed by atoms with Gasteiger partial charge in [0.2, 0.25) is 11.6 Å². The summed E-state index contributed by atoms with van der Waals surface area (Å²) in [5.41, 5.74) is 2.13. The number of rotatable bonds is 6. The van der Waals surface area contributed by atoms with Gasteiger partial charge in [-0.25, -0.2) is 9.67 Å². The molecule has 0 aliphatic carbocycles. The first kappa shape index (κ1) is 20.3. The number of carbonyl (C=O) groups excluding carboxylic acids is 1. The highest BCUT2D eigenvalue weighted by Gasteiger charge is 2.38. The fraction of sp³-hybridized carbons (Fsp3) is 0.150. The van der Waals surface area contributed by atoms with E-state index >= 15 is 0 Å². The lowest BCUT2D eigenvalue weighted by atomic mass is 10.1. The molecule has 158 valence electrons. The highest BCUT2D eigenvalue weighted by molar-refractivity contribution is 5.90. The highest BCUT2D eigenvalue weighted by Crippen LogP contribution is 2.29. The molecule has 1 N–H and O–H groups in total. The van der Waals surface area contributed by atoms with Gasteiger partial charge in [0.15, 0.2) is 0 Å². The van der Waals surface area contributed by atoms with E-state index in [2.05, 4.69) is 30.1 Å². The van der Waals surface area contributed by atoms with Gasteiger partial charge >= 0.3 is 12.1 Å². The summed E-state index contributed by atoms with van der Waals surface area (Å²) in [5, 5.41) is 10.3. The minimum absolute atomic E-state index is 0.0408. The van der Waals surface area contributed by atoms with E-state index < -0.39 is 18.0 Å². The number of amides is 1. The molecule has 0 bridgehead atoms. The van der Waals surface area contributed by atoms with Gasteiger partial charge in [-0.1, -0.05) is 59.8 Å². The van der Waals surface area contributed by atoms with Gasteiger partial charge in [-0.2, -0.15) is 18.2 Å². The molecule has 0 spiro atoms. The molecule has 2 aromatic carbocycles. The van der Waals surface area contributed by atoms with Crippen LogP contribution < -0.4 is 5.32 Å². The second kappa shape index (κ2) is 8.38. The van der Waals surface area contributed by atoms with Gasteiger partial charge in [-0.3, -0.25) is 4.79 Å². The number of nitrogens with one attached hydrogen (secondary N) is 1. The number of halogens is 3. The summed E-state index contributed by atoms with van der Waals surface area (Å²) in [7, 11) is 0. The molecule has 1 amide bonds. The molecule has 0 unspecified atom stereocenters. The van der Waals surface area contributed by atoms with E-state index in [0.29, 0.717) is 18.7 Å². The van der Waals surface area contributed by atoms with Gasteiger partial charge < -0.3 is 9.84 Å². The van der Waals surface area contributed by atoms with Crippen LogP contribution in [-0.4, -0.2) is 30.8 Å². The molecule has 4 aromatic rings. The molecule has 31 heavy (non-hydrogen) atoms. The fourth-order valence-electron chi connectivity index (χ4n) is 2.73. The average Bonchev–Trinajstić information content (AvgIpc) is 3.43. The predicted molar refractivity (Wildman–Crippen MR) is 101 cm³/mol. The van der Waals surface area contributed by atoms with Crippen LogP contribution in [-0.2, 0) is 19.3 Å². The minimum Gasteiger partial charge on any atom is -0.345 e. The first-order valence-electron chi connectivity index (χ1n) is 9.10. The number of nitrogens with zero attached hydrogens (tertiary/aromatic N) is 5.